The normalized spacial score (nSPS) is 22.0. The van der Waals surface area contributed by atoms with Gasteiger partial charge in [-0.05, 0) is 217 Å². The molecule has 82 heavy (non-hydrogen) atoms. The van der Waals surface area contributed by atoms with E-state index in [0.717, 1.165) is 82.0 Å². The molecule has 5 unspecified atom stereocenters. The molecule has 10 nitrogen and oxygen atoms in total. The molecule has 0 N–H and O–H groups in total. The molecule has 0 spiro atoms. The topological polar surface area (TPSA) is 108 Å². The van der Waals surface area contributed by atoms with Crippen LogP contribution >= 0.6 is 0 Å². The van der Waals surface area contributed by atoms with Crippen LogP contribution in [0.1, 0.15) is 208 Å². The summed E-state index contributed by atoms with van der Waals surface area (Å²) in [6, 6.07) is 19.4. The maximum Gasteiger partial charge on any atom is 0.330 e. The molecule has 2 aliphatic rings. The second kappa shape index (κ2) is 29.4. The standard InChI is InChI=1S/C72H116O10/c1-22-54-45-71(20,52-65(8,9)77-43-33-31-40-63(4,5)69(16,17)79-50-56(67(12,13)81-61(73)23-2)48-75-58-35-27-25-28-36-58)42-39-60(54)55-46-72(21,47-55)53-66(10,11)78-44-34-32-41-64(6,7)70(18,19)80-51-57(68(14,15)82-62(74)24-3)49-76-59-37-29-26-30-38-59/h22-30,35-38,54-57,60H,1-3,31-34,39-53H2,4-21H3. The van der Waals surface area contributed by atoms with Gasteiger partial charge >= 0.3 is 11.9 Å². The average molecular weight is 1140 g/mol. The largest absolute Gasteiger partial charge is 0.493 e. The third kappa shape index (κ3) is 21.5. The van der Waals surface area contributed by atoms with Crippen molar-refractivity contribution >= 4 is 11.9 Å². The summed E-state index contributed by atoms with van der Waals surface area (Å²) in [6.07, 6.45) is 19.0. The Hall–Kier alpha value is -3.96. The lowest BCUT2D eigenvalue weighted by Gasteiger charge is -2.55. The van der Waals surface area contributed by atoms with Crippen molar-refractivity contribution in [2.24, 2.45) is 51.2 Å². The van der Waals surface area contributed by atoms with Gasteiger partial charge in [0.25, 0.3) is 0 Å². The summed E-state index contributed by atoms with van der Waals surface area (Å²) < 4.78 is 50.9. The Kier molecular flexibility index (Phi) is 25.3. The molecule has 0 bridgehead atoms. The van der Waals surface area contributed by atoms with Crippen LogP contribution in [0, 0.1) is 51.2 Å². The van der Waals surface area contributed by atoms with Gasteiger partial charge in [0.2, 0.25) is 0 Å². The summed E-state index contributed by atoms with van der Waals surface area (Å²) in [4.78, 5) is 24.6. The summed E-state index contributed by atoms with van der Waals surface area (Å²) in [5.74, 6) is 2.11. The highest BCUT2D eigenvalue weighted by atomic mass is 16.6. The van der Waals surface area contributed by atoms with Crippen molar-refractivity contribution in [3.05, 3.63) is 98.6 Å². The number of carbonyl (C=O) groups excluding carboxylic acids is 2. The van der Waals surface area contributed by atoms with E-state index < -0.39 is 34.3 Å². The summed E-state index contributed by atoms with van der Waals surface area (Å²) in [7, 11) is 0. The highest BCUT2D eigenvalue weighted by Crippen LogP contribution is 2.59. The molecule has 0 amide bonds. The van der Waals surface area contributed by atoms with Gasteiger partial charge in [0.1, 0.15) is 22.7 Å². The number of allylic oxidation sites excluding steroid dienone is 1. The van der Waals surface area contributed by atoms with Crippen LogP contribution in [0.5, 0.6) is 11.5 Å². The second-order valence-corrected chi connectivity index (χ2v) is 30.1. The van der Waals surface area contributed by atoms with E-state index in [2.05, 4.69) is 123 Å². The Morgan fingerprint density at radius 3 is 1.30 bits per heavy atom. The minimum Gasteiger partial charge on any atom is -0.493 e. The fraction of sp³-hybridized carbons (Fsp3) is 0.722. The number of benzene rings is 2. The van der Waals surface area contributed by atoms with Crippen LogP contribution in [0.3, 0.4) is 0 Å². The van der Waals surface area contributed by atoms with Crippen molar-refractivity contribution < 1.29 is 47.5 Å². The lowest BCUT2D eigenvalue weighted by Crippen LogP contribution is -2.47. The Bertz CT molecular complexity index is 2280. The van der Waals surface area contributed by atoms with E-state index in [-0.39, 0.29) is 44.7 Å². The van der Waals surface area contributed by atoms with Crippen molar-refractivity contribution in [3.63, 3.8) is 0 Å². The highest BCUT2D eigenvalue weighted by molar-refractivity contribution is 5.82. The van der Waals surface area contributed by atoms with Crippen molar-refractivity contribution in [1.82, 2.24) is 0 Å². The molecule has 2 aliphatic carbocycles. The van der Waals surface area contributed by atoms with Crippen molar-refractivity contribution in [2.75, 3.05) is 39.6 Å². The quantitative estimate of drug-likeness (QED) is 0.0279. The third-order valence-electron chi connectivity index (χ3n) is 19.8. The number of rotatable bonds is 38. The Balaban J connectivity index is 1.18. The Labute approximate surface area is 500 Å². The molecule has 0 aliphatic heterocycles. The Morgan fingerprint density at radius 1 is 0.537 bits per heavy atom. The van der Waals surface area contributed by atoms with Gasteiger partial charge < -0.3 is 37.9 Å². The second-order valence-electron chi connectivity index (χ2n) is 30.1. The van der Waals surface area contributed by atoms with E-state index in [1.807, 2.05) is 88.4 Å². The summed E-state index contributed by atoms with van der Waals surface area (Å²) in [5, 5.41) is 0. The molecule has 0 heterocycles. The van der Waals surface area contributed by atoms with Crippen molar-refractivity contribution in [1.29, 1.82) is 0 Å². The molecule has 2 saturated carbocycles. The van der Waals surface area contributed by atoms with E-state index in [4.69, 9.17) is 37.9 Å². The van der Waals surface area contributed by atoms with Gasteiger partial charge in [-0.1, -0.05) is 110 Å². The molecule has 2 aromatic carbocycles. The van der Waals surface area contributed by atoms with Crippen LogP contribution < -0.4 is 9.47 Å². The first kappa shape index (κ1) is 70.5. The van der Waals surface area contributed by atoms with Crippen molar-refractivity contribution in [3.8, 4) is 11.5 Å². The minimum atomic E-state index is -0.833. The monoisotopic (exact) mass is 1140 g/mol. The Morgan fingerprint density at radius 2 is 0.927 bits per heavy atom. The molecule has 10 heteroatoms. The molecular formula is C72H116O10. The fourth-order valence-electron chi connectivity index (χ4n) is 13.1. The number of hydrogen-bond acceptors (Lipinski definition) is 10. The molecular weight excluding hydrogens is 1020 g/mol. The number of para-hydroxylation sites is 2. The average Bonchev–Trinajstić information content (AvgIpc) is 3.45. The van der Waals surface area contributed by atoms with Crippen LogP contribution in [0.15, 0.2) is 98.6 Å². The summed E-state index contributed by atoms with van der Waals surface area (Å²) >= 11 is 0. The predicted molar refractivity (Wildman–Crippen MR) is 336 cm³/mol. The molecule has 0 radical (unpaired) electrons. The molecule has 4 rings (SSSR count). The third-order valence-corrected chi connectivity index (χ3v) is 19.8. The van der Waals surface area contributed by atoms with E-state index in [1.165, 1.54) is 44.3 Å². The predicted octanol–water partition coefficient (Wildman–Crippen LogP) is 17.8. The highest BCUT2D eigenvalue weighted by Gasteiger charge is 2.51. The lowest BCUT2D eigenvalue weighted by molar-refractivity contribution is -0.170. The van der Waals surface area contributed by atoms with Crippen LogP contribution in [0.2, 0.25) is 0 Å². The zero-order chi connectivity index (χ0) is 61.5. The molecule has 2 fully saturated rings. The van der Waals surface area contributed by atoms with Crippen LogP contribution in [0.4, 0.5) is 0 Å². The van der Waals surface area contributed by atoms with E-state index in [9.17, 15) is 9.59 Å². The molecule has 0 saturated heterocycles. The lowest BCUT2D eigenvalue weighted by atomic mass is 9.51. The molecule has 464 valence electrons. The van der Waals surface area contributed by atoms with Crippen LogP contribution in [-0.4, -0.2) is 85.2 Å². The number of ether oxygens (including phenoxy) is 8. The van der Waals surface area contributed by atoms with Gasteiger partial charge in [0.15, 0.2) is 0 Å². The number of esters is 2. The minimum absolute atomic E-state index is 0.124. The summed E-state index contributed by atoms with van der Waals surface area (Å²) in [6.45, 7) is 54.1. The SMILES string of the molecule is C=CC(=O)OC(C)(C)C(COc1ccccc1)COC(C)(C)C(C)(C)CCCCOC(C)(C)CC1(C)CCC(C2CC(C)(CC(C)(C)OCCCCC(C)(C)C(C)(C)OCC(COc3ccccc3)C(C)(C)OC(=O)C=C)C2)C(C=C)C1. The van der Waals surface area contributed by atoms with Gasteiger partial charge in [-0.3, -0.25) is 0 Å². The van der Waals surface area contributed by atoms with E-state index >= 15 is 0 Å². The smallest absolute Gasteiger partial charge is 0.330 e. The number of carbonyl (C=O) groups is 2. The summed E-state index contributed by atoms with van der Waals surface area (Å²) in [5.41, 5.74) is -2.76. The van der Waals surface area contributed by atoms with Crippen molar-refractivity contribution in [2.45, 2.75) is 242 Å². The first-order valence-corrected chi connectivity index (χ1v) is 31.2. The van der Waals surface area contributed by atoms with Crippen LogP contribution in [-0.2, 0) is 38.0 Å². The van der Waals surface area contributed by atoms with E-state index in [0.29, 0.717) is 38.3 Å². The molecule has 2 aromatic rings. The fourth-order valence-corrected chi connectivity index (χ4v) is 13.1. The van der Waals surface area contributed by atoms with Gasteiger partial charge in [-0.2, -0.15) is 0 Å². The van der Waals surface area contributed by atoms with E-state index in [1.54, 1.807) is 0 Å². The van der Waals surface area contributed by atoms with Gasteiger partial charge in [0, 0.05) is 25.4 Å². The first-order valence-electron chi connectivity index (χ1n) is 31.2. The zero-order valence-electron chi connectivity index (χ0n) is 55.0. The van der Waals surface area contributed by atoms with Gasteiger partial charge in [-0.15, -0.1) is 6.58 Å². The number of hydrogen-bond donors (Lipinski definition) is 0. The first-order chi connectivity index (χ1) is 37.9. The number of unbranched alkanes of at least 4 members (excludes halogenated alkanes) is 2. The maximum absolute atomic E-state index is 12.3. The molecule has 5 atom stereocenters. The maximum atomic E-state index is 12.3. The van der Waals surface area contributed by atoms with Gasteiger partial charge in [-0.25, -0.2) is 9.59 Å². The zero-order valence-corrected chi connectivity index (χ0v) is 55.0. The molecule has 0 aromatic heterocycles. The van der Waals surface area contributed by atoms with Gasteiger partial charge in [0.05, 0.1) is 60.7 Å². The van der Waals surface area contributed by atoms with Crippen LogP contribution in [0.25, 0.3) is 0 Å².